The number of likely N-dealkylation sites (tertiary alicyclic amines) is 1. The van der Waals surface area contributed by atoms with Crippen molar-refractivity contribution in [3.63, 3.8) is 0 Å². The second-order valence-corrected chi connectivity index (χ2v) is 8.55. The number of aryl methyl sites for hydroxylation is 2. The lowest BCUT2D eigenvalue weighted by Gasteiger charge is -2.32. The van der Waals surface area contributed by atoms with Gasteiger partial charge in [0.25, 0.3) is 5.91 Å². The number of carbonyl (C=O) groups is 1. The van der Waals surface area contributed by atoms with Crippen LogP contribution >= 0.6 is 0 Å². The highest BCUT2D eigenvalue weighted by Crippen LogP contribution is 2.21. The lowest BCUT2D eigenvalue weighted by Crippen LogP contribution is -2.46. The van der Waals surface area contributed by atoms with Gasteiger partial charge in [0.05, 0.1) is 23.0 Å². The molecule has 1 fully saturated rings. The molecule has 0 radical (unpaired) electrons. The van der Waals surface area contributed by atoms with Crippen molar-refractivity contribution in [3.05, 3.63) is 41.1 Å². The van der Waals surface area contributed by atoms with Crippen LogP contribution in [0, 0.1) is 13.8 Å². The zero-order valence-electron chi connectivity index (χ0n) is 14.7. The van der Waals surface area contributed by atoms with E-state index in [1.807, 2.05) is 38.1 Å². The van der Waals surface area contributed by atoms with Crippen molar-refractivity contribution in [2.45, 2.75) is 32.7 Å². The number of aromatic nitrogens is 1. The van der Waals surface area contributed by atoms with Crippen LogP contribution < -0.4 is 4.72 Å². The van der Waals surface area contributed by atoms with Crippen LogP contribution in [0.1, 0.15) is 34.5 Å². The van der Waals surface area contributed by atoms with Gasteiger partial charge in [0.15, 0.2) is 0 Å². The van der Waals surface area contributed by atoms with Gasteiger partial charge in [-0.15, -0.1) is 0 Å². The van der Waals surface area contributed by atoms with Crippen LogP contribution in [0.2, 0.25) is 0 Å². The van der Waals surface area contributed by atoms with Gasteiger partial charge < -0.3 is 4.90 Å². The molecule has 0 saturated carbocycles. The molecule has 1 aliphatic heterocycles. The number of benzene rings is 1. The molecule has 0 atom stereocenters. The SMILES string of the molecule is Cc1ccc2nc(C)c(C(=O)N3CCC(NS(C)(=O)=O)CC3)cc2c1. The summed E-state index contributed by atoms with van der Waals surface area (Å²) in [6.45, 7) is 4.94. The third kappa shape index (κ3) is 4.16. The molecule has 0 bridgehead atoms. The number of piperidine rings is 1. The Bertz CT molecular complexity index is 917. The van der Waals surface area contributed by atoms with Crippen molar-refractivity contribution in [3.8, 4) is 0 Å². The number of rotatable bonds is 3. The molecule has 0 spiro atoms. The third-order valence-electron chi connectivity index (χ3n) is 4.55. The van der Waals surface area contributed by atoms with Crippen molar-refractivity contribution in [2.75, 3.05) is 19.3 Å². The average molecular weight is 361 g/mol. The van der Waals surface area contributed by atoms with E-state index in [1.165, 1.54) is 0 Å². The van der Waals surface area contributed by atoms with E-state index >= 15 is 0 Å². The Kier molecular flexibility index (Phi) is 4.79. The molecule has 1 aliphatic rings. The molecule has 1 aromatic carbocycles. The summed E-state index contributed by atoms with van der Waals surface area (Å²) in [6.07, 6.45) is 2.41. The third-order valence-corrected chi connectivity index (χ3v) is 5.32. The number of carbonyl (C=O) groups excluding carboxylic acids is 1. The maximum Gasteiger partial charge on any atom is 0.255 e. The Hall–Kier alpha value is -1.99. The molecule has 6 nitrogen and oxygen atoms in total. The van der Waals surface area contributed by atoms with E-state index in [9.17, 15) is 13.2 Å². The summed E-state index contributed by atoms with van der Waals surface area (Å²) in [5, 5.41) is 0.961. The molecule has 1 saturated heterocycles. The molecule has 2 heterocycles. The normalized spacial score (nSPS) is 16.4. The number of pyridine rings is 1. The molecule has 1 amide bonds. The van der Waals surface area contributed by atoms with Crippen molar-refractivity contribution in [1.82, 2.24) is 14.6 Å². The summed E-state index contributed by atoms with van der Waals surface area (Å²) in [5.41, 5.74) is 3.35. The summed E-state index contributed by atoms with van der Waals surface area (Å²) < 4.78 is 25.3. The van der Waals surface area contributed by atoms with Gasteiger partial charge in [-0.05, 0) is 44.9 Å². The lowest BCUT2D eigenvalue weighted by molar-refractivity contribution is 0.0710. The largest absolute Gasteiger partial charge is 0.338 e. The number of sulfonamides is 1. The minimum atomic E-state index is -3.21. The van der Waals surface area contributed by atoms with Crippen molar-refractivity contribution in [2.24, 2.45) is 0 Å². The van der Waals surface area contributed by atoms with Crippen molar-refractivity contribution >= 4 is 26.8 Å². The second kappa shape index (κ2) is 6.72. The Morgan fingerprint density at radius 1 is 1.20 bits per heavy atom. The highest BCUT2D eigenvalue weighted by molar-refractivity contribution is 7.88. The Labute approximate surface area is 148 Å². The molecule has 2 aromatic rings. The highest BCUT2D eigenvalue weighted by atomic mass is 32.2. The quantitative estimate of drug-likeness (QED) is 0.907. The van der Waals surface area contributed by atoms with Crippen LogP contribution in [-0.4, -0.2) is 49.6 Å². The van der Waals surface area contributed by atoms with Crippen LogP contribution in [0.4, 0.5) is 0 Å². The Balaban J connectivity index is 1.78. The molecule has 0 aliphatic carbocycles. The van der Waals surface area contributed by atoms with Gasteiger partial charge in [-0.1, -0.05) is 11.6 Å². The van der Waals surface area contributed by atoms with E-state index in [0.29, 0.717) is 31.5 Å². The number of hydrogen-bond donors (Lipinski definition) is 1. The van der Waals surface area contributed by atoms with Gasteiger partial charge >= 0.3 is 0 Å². The first-order valence-corrected chi connectivity index (χ1v) is 10.3. The maximum atomic E-state index is 12.9. The Morgan fingerprint density at radius 2 is 1.88 bits per heavy atom. The maximum absolute atomic E-state index is 12.9. The smallest absolute Gasteiger partial charge is 0.255 e. The molecule has 7 heteroatoms. The number of hydrogen-bond acceptors (Lipinski definition) is 4. The molecule has 134 valence electrons. The minimum Gasteiger partial charge on any atom is -0.338 e. The van der Waals surface area contributed by atoms with Crippen LogP contribution in [0.15, 0.2) is 24.3 Å². The van der Waals surface area contributed by atoms with E-state index < -0.39 is 10.0 Å². The predicted molar refractivity (Wildman–Crippen MR) is 98.1 cm³/mol. The van der Waals surface area contributed by atoms with Crippen molar-refractivity contribution < 1.29 is 13.2 Å². The van der Waals surface area contributed by atoms with Crippen LogP contribution in [0.25, 0.3) is 10.9 Å². The molecular formula is C18H23N3O3S. The number of amides is 1. The number of nitrogens with zero attached hydrogens (tertiary/aromatic N) is 2. The molecule has 1 N–H and O–H groups in total. The van der Waals surface area contributed by atoms with E-state index in [-0.39, 0.29) is 11.9 Å². The second-order valence-electron chi connectivity index (χ2n) is 6.77. The molecular weight excluding hydrogens is 338 g/mol. The molecule has 1 aromatic heterocycles. The zero-order chi connectivity index (χ0) is 18.2. The summed E-state index contributed by atoms with van der Waals surface area (Å²) in [5.74, 6) is -0.0359. The highest BCUT2D eigenvalue weighted by Gasteiger charge is 2.26. The first kappa shape index (κ1) is 17.8. The minimum absolute atomic E-state index is 0.0359. The van der Waals surface area contributed by atoms with E-state index in [1.54, 1.807) is 4.90 Å². The van der Waals surface area contributed by atoms with Gasteiger partial charge in [0.2, 0.25) is 10.0 Å². The molecule has 25 heavy (non-hydrogen) atoms. The summed E-state index contributed by atoms with van der Waals surface area (Å²) in [6, 6.07) is 7.82. The van der Waals surface area contributed by atoms with Gasteiger partial charge in [0, 0.05) is 24.5 Å². The Morgan fingerprint density at radius 3 is 2.52 bits per heavy atom. The monoisotopic (exact) mass is 361 g/mol. The first-order valence-electron chi connectivity index (χ1n) is 8.37. The number of fused-ring (bicyclic) bond motifs is 1. The summed E-state index contributed by atoms with van der Waals surface area (Å²) in [7, 11) is -3.21. The van der Waals surface area contributed by atoms with E-state index in [2.05, 4.69) is 9.71 Å². The standard InChI is InChI=1S/C18H23N3O3S/c1-12-4-5-17-14(10-12)11-16(13(2)19-17)18(22)21-8-6-15(7-9-21)20-25(3,23)24/h4-5,10-11,15,20H,6-9H2,1-3H3. The average Bonchev–Trinajstić information content (AvgIpc) is 2.53. The fourth-order valence-corrected chi connectivity index (χ4v) is 4.12. The number of nitrogens with one attached hydrogen (secondary N) is 1. The first-order chi connectivity index (χ1) is 11.7. The summed E-state index contributed by atoms with van der Waals surface area (Å²) in [4.78, 5) is 19.2. The van der Waals surface area contributed by atoms with Gasteiger partial charge in [-0.25, -0.2) is 13.1 Å². The van der Waals surface area contributed by atoms with E-state index in [4.69, 9.17) is 0 Å². The zero-order valence-corrected chi connectivity index (χ0v) is 15.6. The van der Waals surface area contributed by atoms with Crippen LogP contribution in [0.3, 0.4) is 0 Å². The fourth-order valence-electron chi connectivity index (χ4n) is 3.28. The predicted octanol–water partition coefficient (Wildman–Crippen LogP) is 2.01. The summed E-state index contributed by atoms with van der Waals surface area (Å²) >= 11 is 0. The lowest BCUT2D eigenvalue weighted by atomic mass is 10.0. The topological polar surface area (TPSA) is 79.4 Å². The molecule has 0 unspecified atom stereocenters. The fraction of sp³-hybridized carbons (Fsp3) is 0.444. The van der Waals surface area contributed by atoms with Gasteiger partial charge in [-0.3, -0.25) is 9.78 Å². The van der Waals surface area contributed by atoms with Crippen LogP contribution in [0.5, 0.6) is 0 Å². The van der Waals surface area contributed by atoms with Crippen LogP contribution in [-0.2, 0) is 10.0 Å². The van der Waals surface area contributed by atoms with Gasteiger partial charge in [-0.2, -0.15) is 0 Å². The van der Waals surface area contributed by atoms with Crippen molar-refractivity contribution in [1.29, 1.82) is 0 Å². The van der Waals surface area contributed by atoms with Gasteiger partial charge in [0.1, 0.15) is 0 Å². The molecule has 3 rings (SSSR count). The van der Waals surface area contributed by atoms with E-state index in [0.717, 1.165) is 28.4 Å².